The Labute approximate surface area is 115 Å². The van der Waals surface area contributed by atoms with Gasteiger partial charge in [0.2, 0.25) is 0 Å². The van der Waals surface area contributed by atoms with E-state index in [-0.39, 0.29) is 0 Å². The molecule has 102 valence electrons. The molecule has 0 N–H and O–H groups in total. The van der Waals surface area contributed by atoms with Crippen molar-refractivity contribution in [1.82, 2.24) is 9.88 Å². The topological polar surface area (TPSA) is 43.2 Å². The Hall–Kier alpha value is -1.60. The summed E-state index contributed by atoms with van der Waals surface area (Å²) >= 11 is 0. The number of nitriles is 1. The van der Waals surface area contributed by atoms with Gasteiger partial charge in [0.1, 0.15) is 5.82 Å². The van der Waals surface area contributed by atoms with Crippen molar-refractivity contribution in [3.63, 3.8) is 0 Å². The van der Waals surface area contributed by atoms with Crippen molar-refractivity contribution in [3.05, 3.63) is 23.4 Å². The molecule has 0 aliphatic carbocycles. The normalized spacial score (nSPS) is 17.2. The summed E-state index contributed by atoms with van der Waals surface area (Å²) in [4.78, 5) is 9.10. The second-order valence-corrected chi connectivity index (χ2v) is 5.59. The molecule has 1 aliphatic heterocycles. The fraction of sp³-hybridized carbons (Fsp3) is 0.600. The van der Waals surface area contributed by atoms with E-state index in [0.717, 1.165) is 24.0 Å². The molecule has 0 bridgehead atoms. The van der Waals surface area contributed by atoms with Crippen molar-refractivity contribution in [2.75, 3.05) is 38.6 Å². The summed E-state index contributed by atoms with van der Waals surface area (Å²) < 4.78 is 0. The molecule has 1 aliphatic rings. The molecule has 2 heterocycles. The average Bonchev–Trinajstić information content (AvgIpc) is 2.40. The number of anilines is 1. The molecular formula is C15H22N4. The van der Waals surface area contributed by atoms with Gasteiger partial charge in [-0.25, -0.2) is 4.98 Å². The number of pyridine rings is 1. The number of nitrogens with zero attached hydrogens (tertiary/aromatic N) is 4. The van der Waals surface area contributed by atoms with Gasteiger partial charge in [-0.3, -0.25) is 0 Å². The third-order valence-electron chi connectivity index (χ3n) is 3.83. The molecule has 2 rings (SSSR count). The molecule has 1 saturated heterocycles. The zero-order valence-corrected chi connectivity index (χ0v) is 12.1. The Morgan fingerprint density at radius 1 is 1.42 bits per heavy atom. The fourth-order valence-corrected chi connectivity index (χ4v) is 2.64. The highest BCUT2D eigenvalue weighted by atomic mass is 15.2. The molecular weight excluding hydrogens is 236 g/mol. The first kappa shape index (κ1) is 13.8. The summed E-state index contributed by atoms with van der Waals surface area (Å²) in [7, 11) is 4.25. The van der Waals surface area contributed by atoms with Crippen LogP contribution in [0.4, 0.5) is 5.82 Å². The van der Waals surface area contributed by atoms with E-state index >= 15 is 0 Å². The number of aromatic nitrogens is 1. The smallest absolute Gasteiger partial charge is 0.129 e. The van der Waals surface area contributed by atoms with Crippen molar-refractivity contribution < 1.29 is 0 Å². The molecule has 0 unspecified atom stereocenters. The minimum atomic E-state index is 0.692. The van der Waals surface area contributed by atoms with Crippen LogP contribution in [-0.4, -0.2) is 43.6 Å². The number of hydrogen-bond donors (Lipinski definition) is 0. The van der Waals surface area contributed by atoms with Gasteiger partial charge in [-0.1, -0.05) is 0 Å². The maximum Gasteiger partial charge on any atom is 0.129 e. The van der Waals surface area contributed by atoms with E-state index in [1.807, 2.05) is 19.1 Å². The van der Waals surface area contributed by atoms with Crippen LogP contribution in [0.2, 0.25) is 0 Å². The second kappa shape index (κ2) is 6.03. The van der Waals surface area contributed by atoms with Crippen molar-refractivity contribution in [3.8, 4) is 6.07 Å². The van der Waals surface area contributed by atoms with E-state index in [2.05, 4.69) is 34.9 Å². The van der Waals surface area contributed by atoms with Crippen LogP contribution in [0.25, 0.3) is 0 Å². The van der Waals surface area contributed by atoms with E-state index in [1.165, 1.54) is 25.9 Å². The van der Waals surface area contributed by atoms with Crippen LogP contribution >= 0.6 is 0 Å². The molecule has 1 fully saturated rings. The van der Waals surface area contributed by atoms with Crippen molar-refractivity contribution in [1.29, 1.82) is 5.26 Å². The van der Waals surface area contributed by atoms with Crippen molar-refractivity contribution in [2.24, 2.45) is 5.92 Å². The number of likely N-dealkylation sites (tertiary alicyclic amines) is 1. The fourth-order valence-electron chi connectivity index (χ4n) is 2.64. The van der Waals surface area contributed by atoms with Gasteiger partial charge in [0.15, 0.2) is 0 Å². The maximum absolute atomic E-state index is 9.02. The summed E-state index contributed by atoms with van der Waals surface area (Å²) in [6.45, 7) is 5.33. The molecule has 0 saturated carbocycles. The Kier molecular flexibility index (Phi) is 4.39. The zero-order chi connectivity index (χ0) is 13.8. The number of rotatable bonds is 3. The minimum Gasteiger partial charge on any atom is -0.359 e. The monoisotopic (exact) mass is 258 g/mol. The van der Waals surface area contributed by atoms with Gasteiger partial charge < -0.3 is 9.80 Å². The van der Waals surface area contributed by atoms with Gasteiger partial charge in [-0.15, -0.1) is 0 Å². The van der Waals surface area contributed by atoms with Gasteiger partial charge >= 0.3 is 0 Å². The lowest BCUT2D eigenvalue weighted by Crippen LogP contribution is -2.36. The molecule has 4 nitrogen and oxygen atoms in total. The predicted octanol–water partition coefficient (Wildman–Crippen LogP) is 2.04. The summed E-state index contributed by atoms with van der Waals surface area (Å²) in [5, 5.41) is 9.02. The van der Waals surface area contributed by atoms with Crippen molar-refractivity contribution in [2.45, 2.75) is 19.8 Å². The van der Waals surface area contributed by atoms with Gasteiger partial charge in [0.25, 0.3) is 0 Å². The SMILES string of the molecule is Cc1cc(C#N)cc(N(C)CC2CCN(C)CC2)n1. The molecule has 4 heteroatoms. The first-order chi connectivity index (χ1) is 9.08. The summed E-state index contributed by atoms with van der Waals surface area (Å²) in [5.74, 6) is 1.64. The zero-order valence-electron chi connectivity index (χ0n) is 12.1. The van der Waals surface area contributed by atoms with Crippen LogP contribution in [0, 0.1) is 24.2 Å². The predicted molar refractivity (Wildman–Crippen MR) is 77.2 cm³/mol. The minimum absolute atomic E-state index is 0.692. The molecule has 0 atom stereocenters. The Balaban J connectivity index is 2.01. The van der Waals surface area contributed by atoms with Gasteiger partial charge in [0, 0.05) is 19.3 Å². The molecule has 0 radical (unpaired) electrons. The number of piperidine rings is 1. The molecule has 0 aromatic carbocycles. The molecule has 0 amide bonds. The van der Waals surface area contributed by atoms with Gasteiger partial charge in [-0.2, -0.15) is 5.26 Å². The Morgan fingerprint density at radius 2 is 2.11 bits per heavy atom. The van der Waals surface area contributed by atoms with E-state index in [9.17, 15) is 0 Å². The van der Waals surface area contributed by atoms with Gasteiger partial charge in [-0.05, 0) is 58.0 Å². The van der Waals surface area contributed by atoms with Crippen LogP contribution in [0.1, 0.15) is 24.1 Å². The van der Waals surface area contributed by atoms with Gasteiger partial charge in [0.05, 0.1) is 11.6 Å². The highest BCUT2D eigenvalue weighted by Crippen LogP contribution is 2.20. The van der Waals surface area contributed by atoms with Crippen LogP contribution < -0.4 is 4.90 Å². The van der Waals surface area contributed by atoms with Crippen LogP contribution in [-0.2, 0) is 0 Å². The third kappa shape index (κ3) is 3.68. The summed E-state index contributed by atoms with van der Waals surface area (Å²) in [6, 6.07) is 5.90. The number of hydrogen-bond acceptors (Lipinski definition) is 4. The standard InChI is InChI=1S/C15H22N4/c1-12-8-14(10-16)9-15(17-12)19(3)11-13-4-6-18(2)7-5-13/h8-9,13H,4-7,11H2,1-3H3. The number of aryl methyl sites for hydroxylation is 1. The lowest BCUT2D eigenvalue weighted by atomic mass is 9.96. The second-order valence-electron chi connectivity index (χ2n) is 5.59. The highest BCUT2D eigenvalue weighted by Gasteiger charge is 2.18. The first-order valence-electron chi connectivity index (χ1n) is 6.87. The van der Waals surface area contributed by atoms with E-state index in [0.29, 0.717) is 5.56 Å². The van der Waals surface area contributed by atoms with E-state index in [1.54, 1.807) is 0 Å². The molecule has 19 heavy (non-hydrogen) atoms. The third-order valence-corrected chi connectivity index (χ3v) is 3.83. The maximum atomic E-state index is 9.02. The van der Waals surface area contributed by atoms with E-state index < -0.39 is 0 Å². The quantitative estimate of drug-likeness (QED) is 0.832. The van der Waals surface area contributed by atoms with E-state index in [4.69, 9.17) is 5.26 Å². The lowest BCUT2D eigenvalue weighted by Gasteiger charge is -2.32. The first-order valence-corrected chi connectivity index (χ1v) is 6.87. The molecule has 1 aromatic heterocycles. The Morgan fingerprint density at radius 3 is 2.74 bits per heavy atom. The van der Waals surface area contributed by atoms with Crippen LogP contribution in [0.5, 0.6) is 0 Å². The Bertz CT molecular complexity index is 470. The average molecular weight is 258 g/mol. The van der Waals surface area contributed by atoms with Crippen molar-refractivity contribution >= 4 is 5.82 Å². The highest BCUT2D eigenvalue weighted by molar-refractivity contribution is 5.46. The largest absolute Gasteiger partial charge is 0.359 e. The summed E-state index contributed by atoms with van der Waals surface area (Å²) in [5.41, 5.74) is 1.60. The summed E-state index contributed by atoms with van der Waals surface area (Å²) in [6.07, 6.45) is 2.50. The molecule has 0 spiro atoms. The molecule has 1 aromatic rings. The van der Waals surface area contributed by atoms with Crippen LogP contribution in [0.15, 0.2) is 12.1 Å². The lowest BCUT2D eigenvalue weighted by molar-refractivity contribution is 0.222. The van der Waals surface area contributed by atoms with Crippen LogP contribution in [0.3, 0.4) is 0 Å².